The number of aliphatic hydroxyl groups is 1. The lowest BCUT2D eigenvalue weighted by atomic mass is 9.99. The summed E-state index contributed by atoms with van der Waals surface area (Å²) >= 11 is 0. The molecule has 0 saturated heterocycles. The molecule has 3 heteroatoms. The Hall–Kier alpha value is -2.00. The molecule has 0 bridgehead atoms. The van der Waals surface area contributed by atoms with Gasteiger partial charge in [0.15, 0.2) is 0 Å². The Bertz CT molecular complexity index is 564. The van der Waals surface area contributed by atoms with Crippen LogP contribution in [0.5, 0.6) is 11.5 Å². The fraction of sp³-hybridized carbons (Fsp3) is 0.294. The number of hydrogen-bond acceptors (Lipinski definition) is 3. The highest BCUT2D eigenvalue weighted by atomic mass is 16.5. The minimum Gasteiger partial charge on any atom is -0.496 e. The summed E-state index contributed by atoms with van der Waals surface area (Å²) in [5, 5.41) is 10.5. The van der Waals surface area contributed by atoms with Crippen LogP contribution < -0.4 is 9.47 Å². The highest BCUT2D eigenvalue weighted by Gasteiger charge is 2.16. The molecule has 0 radical (unpaired) electrons. The zero-order chi connectivity index (χ0) is 14.5. The van der Waals surface area contributed by atoms with Crippen molar-refractivity contribution in [2.24, 2.45) is 0 Å². The van der Waals surface area contributed by atoms with E-state index in [0.29, 0.717) is 12.2 Å². The third-order valence-corrected chi connectivity index (χ3v) is 3.38. The second-order valence-electron chi connectivity index (χ2n) is 4.77. The van der Waals surface area contributed by atoms with E-state index in [1.54, 1.807) is 14.2 Å². The summed E-state index contributed by atoms with van der Waals surface area (Å²) in [7, 11) is 3.24. The predicted octanol–water partition coefficient (Wildman–Crippen LogP) is 3.29. The fourth-order valence-electron chi connectivity index (χ4n) is 2.28. The second-order valence-corrected chi connectivity index (χ2v) is 4.77. The van der Waals surface area contributed by atoms with Crippen LogP contribution in [0.4, 0.5) is 0 Å². The van der Waals surface area contributed by atoms with Crippen molar-refractivity contribution >= 4 is 0 Å². The number of methoxy groups -OCH3 is 2. The van der Waals surface area contributed by atoms with Crippen LogP contribution in [0.2, 0.25) is 0 Å². The lowest BCUT2D eigenvalue weighted by Gasteiger charge is -2.17. The first-order valence-electron chi connectivity index (χ1n) is 6.60. The van der Waals surface area contributed by atoms with Crippen LogP contribution in [0.1, 0.15) is 22.8 Å². The zero-order valence-electron chi connectivity index (χ0n) is 12.1. The van der Waals surface area contributed by atoms with Crippen molar-refractivity contribution in [1.82, 2.24) is 0 Å². The van der Waals surface area contributed by atoms with Crippen LogP contribution in [-0.4, -0.2) is 19.3 Å². The predicted molar refractivity (Wildman–Crippen MR) is 79.4 cm³/mol. The van der Waals surface area contributed by atoms with Crippen LogP contribution in [0.25, 0.3) is 0 Å². The maximum absolute atomic E-state index is 10.5. The fourth-order valence-corrected chi connectivity index (χ4v) is 2.28. The van der Waals surface area contributed by atoms with E-state index in [2.05, 4.69) is 0 Å². The Kier molecular flexibility index (Phi) is 4.64. The van der Waals surface area contributed by atoms with Gasteiger partial charge in [-0.1, -0.05) is 30.3 Å². The average molecular weight is 272 g/mol. The molecule has 0 aliphatic rings. The molecule has 2 rings (SSSR count). The Morgan fingerprint density at radius 1 is 1.00 bits per heavy atom. The van der Waals surface area contributed by atoms with Gasteiger partial charge >= 0.3 is 0 Å². The number of hydrogen-bond donors (Lipinski definition) is 1. The molecule has 0 aliphatic carbocycles. The van der Waals surface area contributed by atoms with E-state index in [1.165, 1.54) is 0 Å². The highest BCUT2D eigenvalue weighted by Crippen LogP contribution is 2.33. The molecule has 1 N–H and O–H groups in total. The third kappa shape index (κ3) is 3.11. The largest absolute Gasteiger partial charge is 0.496 e. The summed E-state index contributed by atoms with van der Waals surface area (Å²) in [6, 6.07) is 13.6. The Morgan fingerprint density at radius 2 is 1.65 bits per heavy atom. The molecule has 0 aliphatic heterocycles. The summed E-state index contributed by atoms with van der Waals surface area (Å²) in [6.07, 6.45) is -0.0782. The first-order valence-corrected chi connectivity index (χ1v) is 6.60. The molecule has 106 valence electrons. The minimum absolute atomic E-state index is 0.545. The average Bonchev–Trinajstić information content (AvgIpc) is 2.47. The summed E-state index contributed by atoms with van der Waals surface area (Å²) in [5.41, 5.74) is 2.82. The quantitative estimate of drug-likeness (QED) is 0.907. The first-order chi connectivity index (χ1) is 9.65. The van der Waals surface area contributed by atoms with Gasteiger partial charge in [-0.25, -0.2) is 0 Å². The normalized spacial score (nSPS) is 12.0. The summed E-state index contributed by atoms with van der Waals surface area (Å²) in [6.45, 7) is 1.95. The zero-order valence-corrected chi connectivity index (χ0v) is 12.1. The maximum atomic E-state index is 10.5. The molecule has 0 aromatic heterocycles. The highest BCUT2D eigenvalue weighted by molar-refractivity contribution is 5.47. The van der Waals surface area contributed by atoms with Gasteiger partial charge in [-0.2, -0.15) is 0 Å². The molecule has 1 unspecified atom stereocenters. The van der Waals surface area contributed by atoms with Gasteiger partial charge in [-0.3, -0.25) is 0 Å². The molecule has 0 heterocycles. The molecule has 2 aromatic carbocycles. The van der Waals surface area contributed by atoms with Gasteiger partial charge in [0.25, 0.3) is 0 Å². The van der Waals surface area contributed by atoms with E-state index in [0.717, 1.165) is 22.4 Å². The standard InChI is InChI=1S/C17H20O3/c1-12-9-17(20-3)14(11-16(12)19-2)15(18)10-13-7-5-4-6-8-13/h4-9,11,15,18H,10H2,1-3H3. The minimum atomic E-state index is -0.623. The van der Waals surface area contributed by atoms with Gasteiger partial charge in [0.05, 0.1) is 20.3 Å². The number of aryl methyl sites for hydroxylation is 1. The van der Waals surface area contributed by atoms with Crippen molar-refractivity contribution in [3.63, 3.8) is 0 Å². The summed E-state index contributed by atoms with van der Waals surface area (Å²) in [5.74, 6) is 1.44. The first kappa shape index (κ1) is 14.4. The van der Waals surface area contributed by atoms with Gasteiger partial charge in [0.2, 0.25) is 0 Å². The Balaban J connectivity index is 2.30. The van der Waals surface area contributed by atoms with Gasteiger partial charge in [-0.05, 0) is 30.2 Å². The molecule has 0 spiro atoms. The van der Waals surface area contributed by atoms with Crippen molar-refractivity contribution in [2.75, 3.05) is 14.2 Å². The molecule has 0 fully saturated rings. The van der Waals surface area contributed by atoms with E-state index in [1.807, 2.05) is 49.4 Å². The van der Waals surface area contributed by atoms with Crippen LogP contribution in [0.15, 0.2) is 42.5 Å². The number of rotatable bonds is 5. The summed E-state index contributed by atoms with van der Waals surface area (Å²) < 4.78 is 10.7. The van der Waals surface area contributed by atoms with E-state index in [9.17, 15) is 5.11 Å². The van der Waals surface area contributed by atoms with Gasteiger partial charge in [0, 0.05) is 12.0 Å². The SMILES string of the molecule is COc1cc(C(O)Cc2ccccc2)c(OC)cc1C. The van der Waals surface area contributed by atoms with Gasteiger partial charge in [0.1, 0.15) is 11.5 Å². The maximum Gasteiger partial charge on any atom is 0.125 e. The van der Waals surface area contributed by atoms with Crippen molar-refractivity contribution in [3.8, 4) is 11.5 Å². The van der Waals surface area contributed by atoms with E-state index in [-0.39, 0.29) is 0 Å². The van der Waals surface area contributed by atoms with E-state index < -0.39 is 6.10 Å². The molecule has 2 aromatic rings. The molecule has 20 heavy (non-hydrogen) atoms. The van der Waals surface area contributed by atoms with Gasteiger partial charge < -0.3 is 14.6 Å². The lowest BCUT2D eigenvalue weighted by molar-refractivity contribution is 0.173. The van der Waals surface area contributed by atoms with Crippen molar-refractivity contribution in [2.45, 2.75) is 19.4 Å². The van der Waals surface area contributed by atoms with Crippen molar-refractivity contribution < 1.29 is 14.6 Å². The van der Waals surface area contributed by atoms with Crippen LogP contribution in [-0.2, 0) is 6.42 Å². The molecule has 1 atom stereocenters. The molecule has 0 amide bonds. The van der Waals surface area contributed by atoms with E-state index >= 15 is 0 Å². The van der Waals surface area contributed by atoms with Crippen LogP contribution >= 0.6 is 0 Å². The topological polar surface area (TPSA) is 38.7 Å². The van der Waals surface area contributed by atoms with Gasteiger partial charge in [-0.15, -0.1) is 0 Å². The molecular formula is C17H20O3. The Morgan fingerprint density at radius 3 is 2.25 bits per heavy atom. The Labute approximate surface area is 119 Å². The molecule has 3 nitrogen and oxygen atoms in total. The second kappa shape index (κ2) is 6.44. The summed E-state index contributed by atoms with van der Waals surface area (Å²) in [4.78, 5) is 0. The van der Waals surface area contributed by atoms with Crippen molar-refractivity contribution in [3.05, 3.63) is 59.2 Å². The van der Waals surface area contributed by atoms with E-state index in [4.69, 9.17) is 9.47 Å². The monoisotopic (exact) mass is 272 g/mol. The smallest absolute Gasteiger partial charge is 0.125 e. The lowest BCUT2D eigenvalue weighted by Crippen LogP contribution is -2.05. The number of ether oxygens (including phenoxy) is 2. The number of benzene rings is 2. The number of aliphatic hydroxyl groups excluding tert-OH is 1. The molecule has 0 saturated carbocycles. The van der Waals surface area contributed by atoms with Crippen LogP contribution in [0.3, 0.4) is 0 Å². The third-order valence-electron chi connectivity index (χ3n) is 3.38. The molecular weight excluding hydrogens is 252 g/mol. The van der Waals surface area contributed by atoms with Crippen molar-refractivity contribution in [1.29, 1.82) is 0 Å². The van der Waals surface area contributed by atoms with Crippen LogP contribution in [0, 0.1) is 6.92 Å².